The van der Waals surface area contributed by atoms with Gasteiger partial charge in [-0.2, -0.15) is 0 Å². The van der Waals surface area contributed by atoms with E-state index in [0.717, 1.165) is 15.6 Å². The van der Waals surface area contributed by atoms with Crippen molar-refractivity contribution in [3.63, 3.8) is 0 Å². The zero-order valence-corrected chi connectivity index (χ0v) is 13.3. The van der Waals surface area contributed by atoms with Gasteiger partial charge in [0.25, 0.3) is 6.43 Å². The highest BCUT2D eigenvalue weighted by atomic mass is 127. The number of hydrogen-bond donors (Lipinski definition) is 0. The van der Waals surface area contributed by atoms with Gasteiger partial charge in [0.2, 0.25) is 0 Å². The van der Waals surface area contributed by atoms with Crippen molar-refractivity contribution < 1.29 is 13.5 Å². The lowest BCUT2D eigenvalue weighted by Gasteiger charge is -2.24. The fraction of sp³-hybridized carbons (Fsp3) is 0.571. The minimum absolute atomic E-state index is 0.122. The second-order valence-corrected chi connectivity index (χ2v) is 6.42. The van der Waals surface area contributed by atoms with Gasteiger partial charge in [0.1, 0.15) is 12.4 Å². The van der Waals surface area contributed by atoms with E-state index in [-0.39, 0.29) is 5.41 Å². The molecule has 0 fully saturated rings. The van der Waals surface area contributed by atoms with E-state index < -0.39 is 13.0 Å². The zero-order valence-electron chi connectivity index (χ0n) is 11.2. The molecule has 0 unspecified atom stereocenters. The molecule has 0 bridgehead atoms. The highest BCUT2D eigenvalue weighted by Crippen LogP contribution is 2.36. The second-order valence-electron chi connectivity index (χ2n) is 5.26. The number of alkyl halides is 2. The Morgan fingerprint density at radius 1 is 1.28 bits per heavy atom. The summed E-state index contributed by atoms with van der Waals surface area (Å²) in [6, 6.07) is 4.06. The van der Waals surface area contributed by atoms with E-state index in [9.17, 15) is 8.78 Å². The van der Waals surface area contributed by atoms with Gasteiger partial charge in [0, 0.05) is 5.56 Å². The summed E-state index contributed by atoms with van der Waals surface area (Å²) in [5, 5.41) is 0. The van der Waals surface area contributed by atoms with Crippen molar-refractivity contribution in [1.82, 2.24) is 0 Å². The van der Waals surface area contributed by atoms with Crippen LogP contribution >= 0.6 is 22.6 Å². The van der Waals surface area contributed by atoms with Crippen LogP contribution in [0.15, 0.2) is 12.1 Å². The quantitative estimate of drug-likeness (QED) is 0.694. The third-order valence-electron chi connectivity index (χ3n) is 2.67. The third kappa shape index (κ3) is 4.07. The summed E-state index contributed by atoms with van der Waals surface area (Å²) >= 11 is 2.15. The fourth-order valence-electron chi connectivity index (χ4n) is 1.70. The largest absolute Gasteiger partial charge is 0.486 e. The standard InChI is InChI=1S/C14H19F2IO/c1-5-9-6-10(14(2,3)4)13(11(17)7-9)18-8-12(15)16/h6-7,12H,5,8H2,1-4H3. The number of ether oxygens (including phenoxy) is 1. The van der Waals surface area contributed by atoms with Gasteiger partial charge in [-0.3, -0.25) is 0 Å². The molecule has 0 aliphatic carbocycles. The summed E-state index contributed by atoms with van der Waals surface area (Å²) in [5.41, 5.74) is 2.07. The van der Waals surface area contributed by atoms with E-state index in [1.165, 1.54) is 5.56 Å². The Hall–Kier alpha value is -0.390. The Morgan fingerprint density at radius 3 is 2.33 bits per heavy atom. The van der Waals surface area contributed by atoms with Crippen molar-refractivity contribution in [2.75, 3.05) is 6.61 Å². The molecule has 1 rings (SSSR count). The molecule has 0 aliphatic rings. The van der Waals surface area contributed by atoms with Gasteiger partial charge in [0.15, 0.2) is 0 Å². The first-order valence-corrected chi connectivity index (χ1v) is 7.07. The number of halogens is 3. The van der Waals surface area contributed by atoms with Gasteiger partial charge in [0.05, 0.1) is 3.57 Å². The molecule has 1 nitrogen and oxygen atoms in total. The molecular formula is C14H19F2IO. The van der Waals surface area contributed by atoms with Gasteiger partial charge < -0.3 is 4.74 Å². The summed E-state index contributed by atoms with van der Waals surface area (Å²) in [4.78, 5) is 0. The van der Waals surface area contributed by atoms with Crippen molar-refractivity contribution in [2.45, 2.75) is 46.0 Å². The van der Waals surface area contributed by atoms with Crippen LogP contribution in [0.3, 0.4) is 0 Å². The van der Waals surface area contributed by atoms with Crippen molar-refractivity contribution in [3.8, 4) is 5.75 Å². The summed E-state index contributed by atoms with van der Waals surface area (Å²) in [6.07, 6.45) is -1.52. The topological polar surface area (TPSA) is 9.23 Å². The molecule has 4 heteroatoms. The molecule has 0 N–H and O–H groups in total. The van der Waals surface area contributed by atoms with Crippen LogP contribution in [0.4, 0.5) is 8.78 Å². The van der Waals surface area contributed by atoms with Crippen LogP contribution in [0.5, 0.6) is 5.75 Å². The molecule has 0 spiro atoms. The monoisotopic (exact) mass is 368 g/mol. The number of hydrogen-bond acceptors (Lipinski definition) is 1. The lowest BCUT2D eigenvalue weighted by Crippen LogP contribution is -2.17. The molecule has 102 valence electrons. The van der Waals surface area contributed by atoms with Crippen LogP contribution < -0.4 is 4.74 Å². The predicted molar refractivity (Wildman–Crippen MR) is 78.7 cm³/mol. The van der Waals surface area contributed by atoms with E-state index in [0.29, 0.717) is 5.75 Å². The lowest BCUT2D eigenvalue weighted by atomic mass is 9.85. The lowest BCUT2D eigenvalue weighted by molar-refractivity contribution is 0.0804. The van der Waals surface area contributed by atoms with Gasteiger partial charge >= 0.3 is 0 Å². The minimum Gasteiger partial charge on any atom is -0.486 e. The Morgan fingerprint density at radius 2 is 1.89 bits per heavy atom. The summed E-state index contributed by atoms with van der Waals surface area (Å²) in [6.45, 7) is 7.72. The molecule has 0 aromatic heterocycles. The molecule has 0 radical (unpaired) electrons. The first-order valence-electron chi connectivity index (χ1n) is 5.99. The normalized spacial score (nSPS) is 12.0. The molecule has 0 heterocycles. The van der Waals surface area contributed by atoms with E-state index in [1.54, 1.807) is 0 Å². The molecular weight excluding hydrogens is 349 g/mol. The first kappa shape index (κ1) is 15.7. The fourth-order valence-corrected chi connectivity index (χ4v) is 2.55. The summed E-state index contributed by atoms with van der Waals surface area (Å²) in [7, 11) is 0. The van der Waals surface area contributed by atoms with Crippen molar-refractivity contribution in [2.24, 2.45) is 0 Å². The summed E-state index contributed by atoms with van der Waals surface area (Å²) < 4.78 is 30.8. The maximum absolute atomic E-state index is 12.3. The van der Waals surface area contributed by atoms with E-state index in [4.69, 9.17) is 4.74 Å². The predicted octanol–water partition coefficient (Wildman–Crippen LogP) is 4.80. The Balaban J connectivity index is 3.21. The van der Waals surface area contributed by atoms with Crippen LogP contribution in [0.25, 0.3) is 0 Å². The maximum atomic E-state index is 12.3. The van der Waals surface area contributed by atoms with Crippen LogP contribution in [-0.2, 0) is 11.8 Å². The molecule has 0 aliphatic heterocycles. The first-order chi connectivity index (χ1) is 8.25. The van der Waals surface area contributed by atoms with Gasteiger partial charge in [-0.25, -0.2) is 8.78 Å². The third-order valence-corrected chi connectivity index (χ3v) is 3.47. The summed E-state index contributed by atoms with van der Waals surface area (Å²) in [5.74, 6) is 0.598. The van der Waals surface area contributed by atoms with Crippen molar-refractivity contribution in [3.05, 3.63) is 26.8 Å². The number of benzene rings is 1. The highest BCUT2D eigenvalue weighted by molar-refractivity contribution is 14.1. The molecule has 0 amide bonds. The average Bonchev–Trinajstić information content (AvgIpc) is 2.24. The SMILES string of the molecule is CCc1cc(I)c(OCC(F)F)c(C(C)(C)C)c1. The molecule has 18 heavy (non-hydrogen) atoms. The maximum Gasteiger partial charge on any atom is 0.272 e. The van der Waals surface area contributed by atoms with E-state index in [2.05, 4.69) is 56.4 Å². The zero-order chi connectivity index (χ0) is 13.9. The molecule has 1 aromatic rings. The van der Waals surface area contributed by atoms with Crippen molar-refractivity contribution >= 4 is 22.6 Å². The van der Waals surface area contributed by atoms with Gasteiger partial charge in [-0.05, 0) is 46.1 Å². The smallest absolute Gasteiger partial charge is 0.272 e. The van der Waals surface area contributed by atoms with Crippen LogP contribution in [0.2, 0.25) is 0 Å². The molecule has 1 aromatic carbocycles. The second kappa shape index (κ2) is 6.17. The van der Waals surface area contributed by atoms with Gasteiger partial charge in [-0.1, -0.05) is 33.8 Å². The Kier molecular flexibility index (Phi) is 5.37. The molecule has 0 saturated carbocycles. The Labute approximate surface area is 121 Å². The van der Waals surface area contributed by atoms with Gasteiger partial charge in [-0.15, -0.1) is 0 Å². The number of rotatable bonds is 4. The van der Waals surface area contributed by atoms with E-state index in [1.807, 2.05) is 6.07 Å². The van der Waals surface area contributed by atoms with E-state index >= 15 is 0 Å². The van der Waals surface area contributed by atoms with Crippen LogP contribution in [-0.4, -0.2) is 13.0 Å². The average molecular weight is 368 g/mol. The Bertz CT molecular complexity index is 411. The highest BCUT2D eigenvalue weighted by Gasteiger charge is 2.22. The van der Waals surface area contributed by atoms with Crippen molar-refractivity contribution in [1.29, 1.82) is 0 Å². The molecule has 0 atom stereocenters. The minimum atomic E-state index is -2.44. The van der Waals surface area contributed by atoms with Crippen LogP contribution in [0, 0.1) is 3.57 Å². The number of aryl methyl sites for hydroxylation is 1. The molecule has 0 saturated heterocycles. The van der Waals surface area contributed by atoms with Crippen LogP contribution in [0.1, 0.15) is 38.8 Å².